The molecule has 2 aromatic heterocycles. The van der Waals surface area contributed by atoms with Crippen LogP contribution in [0, 0.1) is 5.92 Å². The van der Waals surface area contributed by atoms with E-state index < -0.39 is 0 Å². The lowest BCUT2D eigenvalue weighted by Gasteiger charge is -2.34. The van der Waals surface area contributed by atoms with E-state index in [1.165, 1.54) is 0 Å². The number of hydrogen-bond acceptors (Lipinski definition) is 6. The molecule has 6 rings (SSSR count). The van der Waals surface area contributed by atoms with Crippen LogP contribution >= 0.6 is 0 Å². The van der Waals surface area contributed by atoms with Gasteiger partial charge in [-0.05, 0) is 31.7 Å². The topological polar surface area (TPSA) is 77.7 Å². The third kappa shape index (κ3) is 3.51. The molecule has 3 aromatic rings. The smallest absolute Gasteiger partial charge is 0.259 e. The van der Waals surface area contributed by atoms with Gasteiger partial charge in [0.15, 0.2) is 6.29 Å². The molecule has 1 amide bonds. The van der Waals surface area contributed by atoms with Gasteiger partial charge < -0.3 is 18.9 Å². The number of fused-ring (bicyclic) bond motifs is 1. The molecule has 1 aliphatic carbocycles. The molecule has 0 bridgehead atoms. The van der Waals surface area contributed by atoms with E-state index in [4.69, 9.17) is 19.0 Å². The van der Waals surface area contributed by atoms with Crippen molar-refractivity contribution >= 4 is 17.0 Å². The molecule has 1 aromatic carbocycles. The number of nitrogens with zero attached hydrogens (tertiary/aromatic N) is 3. The highest BCUT2D eigenvalue weighted by Crippen LogP contribution is 2.41. The molecule has 2 saturated heterocycles. The number of pyridine rings is 1. The third-order valence-corrected chi connectivity index (χ3v) is 6.60. The van der Waals surface area contributed by atoms with Gasteiger partial charge >= 0.3 is 0 Å². The number of aromatic nitrogens is 2. The number of carbonyl (C=O) groups excluding carboxylic acids is 1. The summed E-state index contributed by atoms with van der Waals surface area (Å²) in [5.41, 5.74) is 3.64. The number of hydrogen-bond donors (Lipinski definition) is 0. The first-order valence-corrected chi connectivity index (χ1v) is 11.2. The minimum atomic E-state index is -0.117. The Morgan fingerprint density at radius 3 is 2.45 bits per heavy atom. The van der Waals surface area contributed by atoms with Gasteiger partial charge in [-0.25, -0.2) is 4.98 Å². The molecule has 0 atom stereocenters. The quantitative estimate of drug-likeness (QED) is 0.636. The van der Waals surface area contributed by atoms with Crippen LogP contribution in [0.25, 0.3) is 22.4 Å². The number of carbonyl (C=O) groups is 1. The number of benzene rings is 1. The number of likely N-dealkylation sites (tertiary alicyclic amines) is 1. The number of rotatable bonds is 4. The summed E-state index contributed by atoms with van der Waals surface area (Å²) in [5.74, 6) is 0.798. The van der Waals surface area contributed by atoms with Crippen LogP contribution < -0.4 is 0 Å². The monoisotopic (exact) mass is 419 g/mol. The highest BCUT2D eigenvalue weighted by atomic mass is 16.7. The van der Waals surface area contributed by atoms with Crippen LogP contribution in [0.4, 0.5) is 0 Å². The maximum Gasteiger partial charge on any atom is 0.259 e. The van der Waals surface area contributed by atoms with Crippen LogP contribution in [-0.4, -0.2) is 53.5 Å². The Balaban J connectivity index is 1.34. The standard InChI is InChI=1S/C24H25N3O4/c28-23(27-10-8-17(9-11-27)24-29-12-13-30-24)18-14-19(15-6-7-15)25-22-20(18)21(26-31-22)16-4-2-1-3-5-16/h1-5,14-15,17,24H,6-13H2. The van der Waals surface area contributed by atoms with Crippen LogP contribution in [0.5, 0.6) is 0 Å². The van der Waals surface area contributed by atoms with Crippen LogP contribution in [-0.2, 0) is 9.47 Å². The fraction of sp³-hybridized carbons (Fsp3) is 0.458. The third-order valence-electron chi connectivity index (χ3n) is 6.60. The number of ether oxygens (including phenoxy) is 2. The molecular formula is C24H25N3O4. The highest BCUT2D eigenvalue weighted by molar-refractivity contribution is 6.09. The van der Waals surface area contributed by atoms with Gasteiger partial charge in [-0.3, -0.25) is 4.79 Å². The molecular weight excluding hydrogens is 394 g/mol. The molecule has 1 saturated carbocycles. The fourth-order valence-corrected chi connectivity index (χ4v) is 4.71. The molecule has 0 spiro atoms. The van der Waals surface area contributed by atoms with Crippen molar-refractivity contribution in [1.82, 2.24) is 15.0 Å². The molecule has 160 valence electrons. The first kappa shape index (κ1) is 19.0. The van der Waals surface area contributed by atoms with E-state index in [2.05, 4.69) is 5.16 Å². The molecule has 4 heterocycles. The summed E-state index contributed by atoms with van der Waals surface area (Å²) in [7, 11) is 0. The Kier molecular flexibility index (Phi) is 4.73. The maximum atomic E-state index is 13.7. The van der Waals surface area contributed by atoms with E-state index >= 15 is 0 Å². The minimum Gasteiger partial charge on any atom is -0.350 e. The molecule has 7 nitrogen and oxygen atoms in total. The molecule has 0 radical (unpaired) electrons. The van der Waals surface area contributed by atoms with E-state index in [0.717, 1.165) is 36.9 Å². The molecule has 7 heteroatoms. The van der Waals surface area contributed by atoms with Gasteiger partial charge in [-0.15, -0.1) is 0 Å². The molecule has 3 aliphatic rings. The number of piperidine rings is 1. The van der Waals surface area contributed by atoms with Crippen LogP contribution in [0.15, 0.2) is 40.9 Å². The Hall–Kier alpha value is -2.77. The Morgan fingerprint density at radius 2 is 1.74 bits per heavy atom. The van der Waals surface area contributed by atoms with Crippen molar-refractivity contribution in [1.29, 1.82) is 0 Å². The van der Waals surface area contributed by atoms with Gasteiger partial charge in [0.25, 0.3) is 11.6 Å². The van der Waals surface area contributed by atoms with Crippen molar-refractivity contribution in [2.75, 3.05) is 26.3 Å². The van der Waals surface area contributed by atoms with Crippen molar-refractivity contribution in [3.05, 3.63) is 47.7 Å². The summed E-state index contributed by atoms with van der Waals surface area (Å²) in [6, 6.07) is 11.8. The molecule has 3 fully saturated rings. The predicted molar refractivity (Wildman–Crippen MR) is 114 cm³/mol. The van der Waals surface area contributed by atoms with Gasteiger partial charge in [0.2, 0.25) is 0 Å². The van der Waals surface area contributed by atoms with Gasteiger partial charge in [0, 0.05) is 36.2 Å². The summed E-state index contributed by atoms with van der Waals surface area (Å²) in [4.78, 5) is 20.3. The lowest BCUT2D eigenvalue weighted by atomic mass is 9.95. The van der Waals surface area contributed by atoms with Gasteiger partial charge in [0.05, 0.1) is 24.2 Å². The van der Waals surface area contributed by atoms with Crippen LogP contribution in [0.3, 0.4) is 0 Å². The second-order valence-electron chi connectivity index (χ2n) is 8.69. The van der Waals surface area contributed by atoms with Gasteiger partial charge in [-0.1, -0.05) is 35.5 Å². The molecule has 2 aliphatic heterocycles. The van der Waals surface area contributed by atoms with E-state index in [0.29, 0.717) is 60.5 Å². The molecule has 31 heavy (non-hydrogen) atoms. The van der Waals surface area contributed by atoms with Crippen molar-refractivity contribution in [2.45, 2.75) is 37.9 Å². The zero-order chi connectivity index (χ0) is 20.8. The first-order valence-electron chi connectivity index (χ1n) is 11.2. The van der Waals surface area contributed by atoms with E-state index in [-0.39, 0.29) is 12.2 Å². The van der Waals surface area contributed by atoms with Gasteiger partial charge in [-0.2, -0.15) is 0 Å². The minimum absolute atomic E-state index is 0.0291. The van der Waals surface area contributed by atoms with E-state index in [1.54, 1.807) is 0 Å². The Labute approximate surface area is 180 Å². The average Bonchev–Trinajstić information content (AvgIpc) is 3.36. The van der Waals surface area contributed by atoms with E-state index in [9.17, 15) is 4.79 Å². The summed E-state index contributed by atoms with van der Waals surface area (Å²) in [6.45, 7) is 2.72. The fourth-order valence-electron chi connectivity index (χ4n) is 4.71. The number of amides is 1. The van der Waals surface area contributed by atoms with E-state index in [1.807, 2.05) is 41.3 Å². The zero-order valence-corrected chi connectivity index (χ0v) is 17.3. The lowest BCUT2D eigenvalue weighted by Crippen LogP contribution is -2.41. The normalized spacial score (nSPS) is 20.6. The largest absolute Gasteiger partial charge is 0.350 e. The van der Waals surface area contributed by atoms with Crippen molar-refractivity contribution < 1.29 is 18.8 Å². The van der Waals surface area contributed by atoms with Gasteiger partial charge in [0.1, 0.15) is 5.69 Å². The van der Waals surface area contributed by atoms with Crippen LogP contribution in [0.2, 0.25) is 0 Å². The van der Waals surface area contributed by atoms with Crippen molar-refractivity contribution in [2.24, 2.45) is 5.92 Å². The van der Waals surface area contributed by atoms with Crippen molar-refractivity contribution in [3.63, 3.8) is 0 Å². The Bertz CT molecular complexity index is 1090. The molecule has 0 N–H and O–H groups in total. The zero-order valence-electron chi connectivity index (χ0n) is 17.3. The SMILES string of the molecule is O=C(c1cc(C2CC2)nc2onc(-c3ccccc3)c12)N1CCC(C2OCCO2)CC1. The summed E-state index contributed by atoms with van der Waals surface area (Å²) >= 11 is 0. The summed E-state index contributed by atoms with van der Waals surface area (Å²) in [5, 5.41) is 5.01. The first-order chi connectivity index (χ1) is 15.3. The second-order valence-corrected chi connectivity index (χ2v) is 8.69. The Morgan fingerprint density at radius 1 is 1.00 bits per heavy atom. The maximum absolute atomic E-state index is 13.7. The molecule has 0 unspecified atom stereocenters. The summed E-state index contributed by atoms with van der Waals surface area (Å²) in [6.07, 6.45) is 3.87. The summed E-state index contributed by atoms with van der Waals surface area (Å²) < 4.78 is 17.0. The predicted octanol–water partition coefficient (Wildman–Crippen LogP) is 3.99. The highest BCUT2D eigenvalue weighted by Gasteiger charge is 2.34. The van der Waals surface area contributed by atoms with Crippen LogP contribution in [0.1, 0.15) is 47.7 Å². The van der Waals surface area contributed by atoms with Crippen molar-refractivity contribution in [3.8, 4) is 11.3 Å². The lowest BCUT2D eigenvalue weighted by molar-refractivity contribution is -0.0956. The second kappa shape index (κ2) is 7.73. The average molecular weight is 419 g/mol.